The van der Waals surface area contributed by atoms with Gasteiger partial charge in [-0.15, -0.1) is 0 Å². The third kappa shape index (κ3) is 3.30. The molecule has 1 aliphatic heterocycles. The minimum Gasteiger partial charge on any atom is -0.339 e. The van der Waals surface area contributed by atoms with Crippen molar-refractivity contribution in [2.24, 2.45) is 5.92 Å². The summed E-state index contributed by atoms with van der Waals surface area (Å²) in [6.07, 6.45) is 4.94. The van der Waals surface area contributed by atoms with Crippen LogP contribution < -0.4 is 4.90 Å². The zero-order chi connectivity index (χ0) is 16.6. The molecule has 0 bridgehead atoms. The van der Waals surface area contributed by atoms with Gasteiger partial charge in [0.15, 0.2) is 0 Å². The van der Waals surface area contributed by atoms with Gasteiger partial charge < -0.3 is 9.80 Å². The molecule has 1 aliphatic carbocycles. The molecule has 2 fully saturated rings. The maximum absolute atomic E-state index is 12.8. The minimum atomic E-state index is -0.211. The third-order valence-electron chi connectivity index (χ3n) is 5.13. The van der Waals surface area contributed by atoms with Crippen LogP contribution in [0.5, 0.6) is 0 Å². The van der Waals surface area contributed by atoms with Crippen molar-refractivity contribution in [1.29, 1.82) is 0 Å². The van der Waals surface area contributed by atoms with Crippen LogP contribution in [0.25, 0.3) is 0 Å². The summed E-state index contributed by atoms with van der Waals surface area (Å²) in [5, 5.41) is 0. The predicted molar refractivity (Wildman–Crippen MR) is 94.4 cm³/mol. The van der Waals surface area contributed by atoms with Crippen molar-refractivity contribution in [2.45, 2.75) is 45.1 Å². The Kier molecular flexibility index (Phi) is 4.76. The van der Waals surface area contributed by atoms with Gasteiger partial charge in [-0.2, -0.15) is 0 Å². The lowest BCUT2D eigenvalue weighted by molar-refractivity contribution is -0.130. The number of carbonyl (C=O) groups is 2. The molecule has 23 heavy (non-hydrogen) atoms. The number of likely N-dealkylation sites (tertiary alicyclic amines) is 1. The van der Waals surface area contributed by atoms with Gasteiger partial charge in [0.1, 0.15) is 0 Å². The highest BCUT2D eigenvalue weighted by molar-refractivity contribution is 9.10. The number of anilines is 1. The van der Waals surface area contributed by atoms with E-state index in [4.69, 9.17) is 0 Å². The van der Waals surface area contributed by atoms with Gasteiger partial charge in [-0.25, -0.2) is 0 Å². The van der Waals surface area contributed by atoms with Gasteiger partial charge in [0.25, 0.3) is 0 Å². The Bertz CT molecular complexity index is 625. The molecule has 1 heterocycles. The van der Waals surface area contributed by atoms with Crippen molar-refractivity contribution in [1.82, 2.24) is 4.90 Å². The number of amides is 2. The van der Waals surface area contributed by atoms with E-state index in [2.05, 4.69) is 15.9 Å². The highest BCUT2D eigenvalue weighted by atomic mass is 79.9. The van der Waals surface area contributed by atoms with Crippen molar-refractivity contribution in [2.75, 3.05) is 18.5 Å². The largest absolute Gasteiger partial charge is 0.339 e. The van der Waals surface area contributed by atoms with Gasteiger partial charge >= 0.3 is 0 Å². The van der Waals surface area contributed by atoms with Crippen molar-refractivity contribution in [3.63, 3.8) is 0 Å². The smallest absolute Gasteiger partial charge is 0.232 e. The standard InChI is InChI=1S/C18H23BrN2O2/c1-12-9-15(7-8-16(12)19)20(2)18(23)13-10-17(22)21(11-13)14-5-3-4-6-14/h7-9,13-14H,3-6,10-11H2,1-2H3. The molecular formula is C18H23BrN2O2. The summed E-state index contributed by atoms with van der Waals surface area (Å²) in [6, 6.07) is 6.24. The molecule has 0 N–H and O–H groups in total. The van der Waals surface area contributed by atoms with E-state index in [0.29, 0.717) is 19.0 Å². The number of hydrogen-bond acceptors (Lipinski definition) is 2. The molecular weight excluding hydrogens is 356 g/mol. The first-order chi connectivity index (χ1) is 11.0. The van der Waals surface area contributed by atoms with Crippen LogP contribution in [0.15, 0.2) is 22.7 Å². The van der Waals surface area contributed by atoms with Crippen LogP contribution in [0.4, 0.5) is 5.69 Å². The zero-order valence-corrected chi connectivity index (χ0v) is 15.3. The molecule has 1 aromatic rings. The molecule has 1 saturated heterocycles. The van der Waals surface area contributed by atoms with Crippen LogP contribution >= 0.6 is 15.9 Å². The second-order valence-corrected chi connectivity index (χ2v) is 7.57. The van der Waals surface area contributed by atoms with Crippen LogP contribution in [0.2, 0.25) is 0 Å². The summed E-state index contributed by atoms with van der Waals surface area (Å²) in [5.41, 5.74) is 1.97. The number of benzene rings is 1. The molecule has 1 saturated carbocycles. The number of hydrogen-bond donors (Lipinski definition) is 0. The molecule has 3 rings (SSSR count). The van der Waals surface area contributed by atoms with E-state index >= 15 is 0 Å². The second-order valence-electron chi connectivity index (χ2n) is 6.72. The van der Waals surface area contributed by atoms with Crippen molar-refractivity contribution in [3.8, 4) is 0 Å². The number of aryl methyl sites for hydroxylation is 1. The highest BCUT2D eigenvalue weighted by Crippen LogP contribution is 2.31. The van der Waals surface area contributed by atoms with Crippen molar-refractivity contribution < 1.29 is 9.59 Å². The van der Waals surface area contributed by atoms with Crippen LogP contribution in [-0.2, 0) is 9.59 Å². The number of halogens is 1. The normalized spacial score (nSPS) is 22.0. The van der Waals surface area contributed by atoms with Gasteiger partial charge in [0, 0.05) is 36.2 Å². The maximum Gasteiger partial charge on any atom is 0.232 e. The third-order valence-corrected chi connectivity index (χ3v) is 6.02. The Morgan fingerprint density at radius 2 is 2.00 bits per heavy atom. The van der Waals surface area contributed by atoms with Gasteiger partial charge in [-0.1, -0.05) is 28.8 Å². The van der Waals surface area contributed by atoms with E-state index in [1.54, 1.807) is 11.9 Å². The lowest BCUT2D eigenvalue weighted by Gasteiger charge is -2.25. The van der Waals surface area contributed by atoms with E-state index in [1.165, 1.54) is 12.8 Å². The molecule has 1 atom stereocenters. The fourth-order valence-electron chi connectivity index (χ4n) is 3.70. The summed E-state index contributed by atoms with van der Waals surface area (Å²) in [7, 11) is 1.80. The molecule has 4 nitrogen and oxygen atoms in total. The Labute approximate surface area is 146 Å². The Balaban J connectivity index is 1.70. The van der Waals surface area contributed by atoms with Gasteiger partial charge in [-0.05, 0) is 43.5 Å². The van der Waals surface area contributed by atoms with Gasteiger partial charge in [0.2, 0.25) is 11.8 Å². The number of carbonyl (C=O) groups excluding carboxylic acids is 2. The topological polar surface area (TPSA) is 40.6 Å². The van der Waals surface area contributed by atoms with Crippen LogP contribution in [0.1, 0.15) is 37.7 Å². The van der Waals surface area contributed by atoms with Gasteiger partial charge in [-0.3, -0.25) is 9.59 Å². The van der Waals surface area contributed by atoms with Crippen molar-refractivity contribution in [3.05, 3.63) is 28.2 Å². The Morgan fingerprint density at radius 3 is 2.65 bits per heavy atom. The molecule has 1 unspecified atom stereocenters. The Morgan fingerprint density at radius 1 is 1.30 bits per heavy atom. The number of rotatable bonds is 3. The Hall–Kier alpha value is -1.36. The first-order valence-electron chi connectivity index (χ1n) is 8.30. The lowest BCUT2D eigenvalue weighted by atomic mass is 10.1. The molecule has 0 aromatic heterocycles. The molecule has 2 amide bonds. The van der Waals surface area contributed by atoms with Crippen LogP contribution in [-0.4, -0.2) is 36.3 Å². The fraction of sp³-hybridized carbons (Fsp3) is 0.556. The van der Waals surface area contributed by atoms with E-state index in [1.807, 2.05) is 30.0 Å². The zero-order valence-electron chi connectivity index (χ0n) is 13.7. The molecule has 124 valence electrons. The minimum absolute atomic E-state index is 0.0422. The van der Waals surface area contributed by atoms with E-state index in [9.17, 15) is 9.59 Å². The monoisotopic (exact) mass is 378 g/mol. The molecule has 0 spiro atoms. The summed E-state index contributed by atoms with van der Waals surface area (Å²) in [6.45, 7) is 2.59. The molecule has 0 radical (unpaired) electrons. The van der Waals surface area contributed by atoms with Crippen LogP contribution in [0, 0.1) is 12.8 Å². The molecule has 5 heteroatoms. The van der Waals surface area contributed by atoms with Gasteiger partial charge in [0.05, 0.1) is 5.92 Å². The molecule has 1 aromatic carbocycles. The average molecular weight is 379 g/mol. The summed E-state index contributed by atoms with van der Waals surface area (Å²) >= 11 is 3.48. The summed E-state index contributed by atoms with van der Waals surface area (Å²) in [4.78, 5) is 28.7. The SMILES string of the molecule is Cc1cc(N(C)C(=O)C2CC(=O)N(C3CCCC3)C2)ccc1Br. The average Bonchev–Trinajstić information content (AvgIpc) is 3.17. The lowest BCUT2D eigenvalue weighted by Crippen LogP contribution is -2.37. The van der Waals surface area contributed by atoms with E-state index < -0.39 is 0 Å². The van der Waals surface area contributed by atoms with E-state index in [0.717, 1.165) is 28.6 Å². The second kappa shape index (κ2) is 6.63. The van der Waals surface area contributed by atoms with E-state index in [-0.39, 0.29) is 17.7 Å². The maximum atomic E-state index is 12.8. The summed E-state index contributed by atoms with van der Waals surface area (Å²) in [5.74, 6) is -0.0201. The first-order valence-corrected chi connectivity index (χ1v) is 9.10. The first kappa shape index (κ1) is 16.5. The predicted octanol–water partition coefficient (Wildman–Crippen LogP) is 3.51. The van der Waals surface area contributed by atoms with Crippen molar-refractivity contribution >= 4 is 33.4 Å². The quantitative estimate of drug-likeness (QED) is 0.807. The van der Waals surface area contributed by atoms with Crippen LogP contribution in [0.3, 0.4) is 0 Å². The fourth-order valence-corrected chi connectivity index (χ4v) is 3.95. The molecule has 2 aliphatic rings. The summed E-state index contributed by atoms with van der Waals surface area (Å²) < 4.78 is 1.03. The number of nitrogens with zero attached hydrogens (tertiary/aromatic N) is 2. The highest BCUT2D eigenvalue weighted by Gasteiger charge is 2.39.